The summed E-state index contributed by atoms with van der Waals surface area (Å²) in [4.78, 5) is 30.0. The van der Waals surface area contributed by atoms with E-state index in [0.717, 1.165) is 15.8 Å². The third kappa shape index (κ3) is 5.24. The minimum atomic E-state index is -0.454. The number of nitro groups is 1. The quantitative estimate of drug-likeness (QED) is 0.187. The lowest BCUT2D eigenvalue weighted by Crippen LogP contribution is -2.28. The molecule has 4 aromatic rings. The van der Waals surface area contributed by atoms with Crippen molar-refractivity contribution in [2.24, 2.45) is 0 Å². The summed E-state index contributed by atoms with van der Waals surface area (Å²) in [5.74, 6) is 0.445. The van der Waals surface area contributed by atoms with E-state index in [1.165, 1.54) is 29.5 Å². The Labute approximate surface area is 194 Å². The predicted octanol–water partition coefficient (Wildman–Crippen LogP) is 5.85. The van der Waals surface area contributed by atoms with Gasteiger partial charge >= 0.3 is 0 Å². The Morgan fingerprint density at radius 1 is 1.09 bits per heavy atom. The van der Waals surface area contributed by atoms with Gasteiger partial charge < -0.3 is 4.74 Å². The van der Waals surface area contributed by atoms with E-state index in [1.54, 1.807) is 23.1 Å². The molecule has 7 nitrogen and oxygen atoms in total. The summed E-state index contributed by atoms with van der Waals surface area (Å²) in [6.07, 6.45) is 3.10. The predicted molar refractivity (Wildman–Crippen MR) is 131 cm³/mol. The van der Waals surface area contributed by atoms with Gasteiger partial charge in [-0.2, -0.15) is 0 Å². The standard InChI is InChI=1S/C25H21N3O4S/c1-2-32-21-9-6-10-22-24(21)26-25(33-22)27(17-19-7-4-3-5-8-19)23(29)16-13-18-11-14-20(15-12-18)28(30)31/h3-16H,2,17H2,1H3/b16-13+. The first kappa shape index (κ1) is 22.2. The zero-order valence-electron chi connectivity index (χ0n) is 17.9. The number of thiazole rings is 1. The van der Waals surface area contributed by atoms with Crippen molar-refractivity contribution in [2.75, 3.05) is 11.5 Å². The lowest BCUT2D eigenvalue weighted by Gasteiger charge is -2.18. The summed E-state index contributed by atoms with van der Waals surface area (Å²) in [6, 6.07) is 21.5. The Balaban J connectivity index is 1.66. The summed E-state index contributed by atoms with van der Waals surface area (Å²) in [5.41, 5.74) is 2.39. The molecule has 1 heterocycles. The summed E-state index contributed by atoms with van der Waals surface area (Å²) in [5, 5.41) is 11.4. The third-order valence-corrected chi connectivity index (χ3v) is 5.92. The molecule has 3 aromatic carbocycles. The van der Waals surface area contributed by atoms with Crippen LogP contribution in [0.5, 0.6) is 5.75 Å². The summed E-state index contributed by atoms with van der Waals surface area (Å²) in [6.45, 7) is 2.80. The Morgan fingerprint density at radius 3 is 2.55 bits per heavy atom. The molecule has 0 bridgehead atoms. The molecule has 0 aliphatic heterocycles. The number of aromatic nitrogens is 1. The normalized spacial score (nSPS) is 11.1. The first-order valence-corrected chi connectivity index (χ1v) is 11.2. The molecule has 1 amide bonds. The zero-order chi connectivity index (χ0) is 23.2. The highest BCUT2D eigenvalue weighted by atomic mass is 32.1. The molecule has 1 aromatic heterocycles. The number of para-hydroxylation sites is 1. The highest BCUT2D eigenvalue weighted by Gasteiger charge is 2.20. The highest BCUT2D eigenvalue weighted by Crippen LogP contribution is 2.35. The van der Waals surface area contributed by atoms with Crippen molar-refractivity contribution in [3.05, 3.63) is 100 Å². The maximum absolute atomic E-state index is 13.3. The number of carbonyl (C=O) groups excluding carboxylic acids is 1. The Bertz CT molecular complexity index is 1300. The minimum absolute atomic E-state index is 0.00348. The fourth-order valence-electron chi connectivity index (χ4n) is 3.27. The van der Waals surface area contributed by atoms with Crippen molar-refractivity contribution in [3.63, 3.8) is 0 Å². The fourth-order valence-corrected chi connectivity index (χ4v) is 4.26. The second-order valence-corrected chi connectivity index (χ2v) is 8.13. The lowest BCUT2D eigenvalue weighted by molar-refractivity contribution is -0.384. The molecule has 0 atom stereocenters. The number of hydrogen-bond donors (Lipinski definition) is 0. The van der Waals surface area contributed by atoms with Crippen LogP contribution in [0.15, 0.2) is 78.9 Å². The van der Waals surface area contributed by atoms with E-state index in [2.05, 4.69) is 0 Å². The molecular weight excluding hydrogens is 438 g/mol. The average molecular weight is 460 g/mol. The van der Waals surface area contributed by atoms with Crippen molar-refractivity contribution in [1.82, 2.24) is 4.98 Å². The number of benzene rings is 3. The van der Waals surface area contributed by atoms with Gasteiger partial charge in [0.25, 0.3) is 11.6 Å². The minimum Gasteiger partial charge on any atom is -0.492 e. The van der Waals surface area contributed by atoms with Gasteiger partial charge in [0.1, 0.15) is 11.3 Å². The zero-order valence-corrected chi connectivity index (χ0v) is 18.7. The second-order valence-electron chi connectivity index (χ2n) is 7.12. The van der Waals surface area contributed by atoms with Gasteiger partial charge in [0.05, 0.1) is 22.8 Å². The van der Waals surface area contributed by atoms with Crippen LogP contribution in [0.25, 0.3) is 16.3 Å². The van der Waals surface area contributed by atoms with Crippen molar-refractivity contribution in [1.29, 1.82) is 0 Å². The van der Waals surface area contributed by atoms with E-state index in [1.807, 2.05) is 55.5 Å². The molecule has 0 N–H and O–H groups in total. The van der Waals surface area contributed by atoms with Crippen LogP contribution in [0.4, 0.5) is 10.8 Å². The highest BCUT2D eigenvalue weighted by molar-refractivity contribution is 7.22. The number of anilines is 1. The second kappa shape index (κ2) is 10.1. The lowest BCUT2D eigenvalue weighted by atomic mass is 10.2. The van der Waals surface area contributed by atoms with Crippen molar-refractivity contribution >= 4 is 44.4 Å². The molecule has 4 rings (SSSR count). The van der Waals surface area contributed by atoms with Gasteiger partial charge in [0, 0.05) is 18.2 Å². The fraction of sp³-hybridized carbons (Fsp3) is 0.120. The molecule has 0 saturated carbocycles. The smallest absolute Gasteiger partial charge is 0.269 e. The van der Waals surface area contributed by atoms with Gasteiger partial charge in [0.2, 0.25) is 0 Å². The van der Waals surface area contributed by atoms with E-state index in [0.29, 0.717) is 29.6 Å². The first-order valence-electron chi connectivity index (χ1n) is 10.4. The van der Waals surface area contributed by atoms with Crippen LogP contribution in [0.2, 0.25) is 0 Å². The van der Waals surface area contributed by atoms with Crippen molar-refractivity contribution in [3.8, 4) is 5.75 Å². The van der Waals surface area contributed by atoms with Crippen LogP contribution < -0.4 is 9.64 Å². The number of ether oxygens (including phenoxy) is 1. The van der Waals surface area contributed by atoms with E-state index in [9.17, 15) is 14.9 Å². The van der Waals surface area contributed by atoms with Crippen LogP contribution in [0.1, 0.15) is 18.1 Å². The SMILES string of the molecule is CCOc1cccc2sc(N(Cc3ccccc3)C(=O)/C=C/c3ccc([N+](=O)[O-])cc3)nc12. The average Bonchev–Trinajstić information content (AvgIpc) is 3.27. The number of hydrogen-bond acceptors (Lipinski definition) is 6. The number of non-ortho nitro benzene ring substituents is 1. The molecule has 8 heteroatoms. The summed E-state index contributed by atoms with van der Waals surface area (Å²) >= 11 is 1.42. The van der Waals surface area contributed by atoms with Crippen LogP contribution in [-0.4, -0.2) is 22.4 Å². The van der Waals surface area contributed by atoms with Crippen LogP contribution >= 0.6 is 11.3 Å². The van der Waals surface area contributed by atoms with Crippen LogP contribution in [-0.2, 0) is 11.3 Å². The first-order chi connectivity index (χ1) is 16.0. The Morgan fingerprint density at radius 2 is 1.85 bits per heavy atom. The number of fused-ring (bicyclic) bond motifs is 1. The third-order valence-electron chi connectivity index (χ3n) is 4.87. The molecular formula is C25H21N3O4S. The van der Waals surface area contributed by atoms with Gasteiger partial charge in [-0.05, 0) is 48.4 Å². The summed E-state index contributed by atoms with van der Waals surface area (Å²) in [7, 11) is 0. The number of rotatable bonds is 8. The van der Waals surface area contributed by atoms with Crippen LogP contribution in [0.3, 0.4) is 0 Å². The van der Waals surface area contributed by atoms with Crippen LogP contribution in [0, 0.1) is 10.1 Å². The van der Waals surface area contributed by atoms with E-state index in [-0.39, 0.29) is 11.6 Å². The van der Waals surface area contributed by atoms with Gasteiger partial charge in [-0.15, -0.1) is 0 Å². The van der Waals surface area contributed by atoms with Gasteiger partial charge in [-0.25, -0.2) is 4.98 Å². The number of carbonyl (C=O) groups is 1. The summed E-state index contributed by atoms with van der Waals surface area (Å²) < 4.78 is 6.63. The molecule has 0 aliphatic rings. The van der Waals surface area contributed by atoms with E-state index in [4.69, 9.17) is 9.72 Å². The monoisotopic (exact) mass is 459 g/mol. The molecule has 0 radical (unpaired) electrons. The number of nitro benzene ring substituents is 1. The molecule has 0 aliphatic carbocycles. The molecule has 0 unspecified atom stereocenters. The molecule has 33 heavy (non-hydrogen) atoms. The van der Waals surface area contributed by atoms with Gasteiger partial charge in [0.15, 0.2) is 5.13 Å². The van der Waals surface area contributed by atoms with Gasteiger partial charge in [-0.1, -0.05) is 47.7 Å². The van der Waals surface area contributed by atoms with Crippen molar-refractivity contribution < 1.29 is 14.5 Å². The molecule has 0 saturated heterocycles. The molecule has 0 fully saturated rings. The maximum Gasteiger partial charge on any atom is 0.269 e. The Hall–Kier alpha value is -4.04. The maximum atomic E-state index is 13.3. The largest absolute Gasteiger partial charge is 0.492 e. The topological polar surface area (TPSA) is 85.6 Å². The Kier molecular flexibility index (Phi) is 6.75. The van der Waals surface area contributed by atoms with E-state index >= 15 is 0 Å². The van der Waals surface area contributed by atoms with E-state index < -0.39 is 4.92 Å². The molecule has 166 valence electrons. The molecule has 0 spiro atoms. The number of amides is 1. The van der Waals surface area contributed by atoms with Gasteiger partial charge in [-0.3, -0.25) is 19.8 Å². The number of nitrogens with zero attached hydrogens (tertiary/aromatic N) is 3. The van der Waals surface area contributed by atoms with Crippen molar-refractivity contribution in [2.45, 2.75) is 13.5 Å².